The van der Waals surface area contributed by atoms with Gasteiger partial charge in [-0.1, -0.05) is 49.0 Å². The van der Waals surface area contributed by atoms with Crippen molar-refractivity contribution in [3.8, 4) is 11.4 Å². The maximum atomic E-state index is 13.7. The first-order valence-corrected chi connectivity index (χ1v) is 17.6. The van der Waals surface area contributed by atoms with Crippen molar-refractivity contribution in [2.24, 2.45) is 11.1 Å². The van der Waals surface area contributed by atoms with Gasteiger partial charge in [0.2, 0.25) is 10.6 Å². The number of nitrogens with two attached hydrogens (primary N) is 1. The highest BCUT2D eigenvalue weighted by Crippen LogP contribution is 2.41. The molecule has 4 aromatic rings. The SMILES string of the molecule is CC(C)C(O/N=C(\C(=O)N[C@@H]1C(=O)N2C(C(=O)O)=C(CSc3nnnn3-c3ccccc3)CS[C@H]12)c1csc(N)n1)c1cc(=O)c(O)cn1O. The summed E-state index contributed by atoms with van der Waals surface area (Å²) < 4.78 is 2.05. The van der Waals surface area contributed by atoms with E-state index in [-0.39, 0.29) is 39.4 Å². The number of hydrogen-bond acceptors (Lipinski definition) is 16. The van der Waals surface area contributed by atoms with Gasteiger partial charge in [-0.25, -0.2) is 9.78 Å². The van der Waals surface area contributed by atoms with Crippen LogP contribution >= 0.6 is 34.9 Å². The van der Waals surface area contributed by atoms with Crippen molar-refractivity contribution >= 4 is 63.5 Å². The number of tetrazole rings is 1. The van der Waals surface area contributed by atoms with E-state index < -0.39 is 52.4 Å². The molecule has 0 bridgehead atoms. The standard InChI is InChI=1S/C29H28N10O8S3/c1-13(2)23(17-8-18(40)19(41)9-37(17)46)47-34-20(16-12-49-28(30)31-16)24(42)32-21-25(43)38-22(27(44)45)14(10-48-26(21)38)11-50-29-33-35-36-39(29)15-6-4-3-5-7-15/h3-9,12-13,21,23,26,41,46H,10-11H2,1-2H3,(H2,30,31)(H,32,42)(H,44,45)/b34-20-/t21-,23?,26-/m1/s1. The molecule has 0 saturated carbocycles. The number of para-hydroxylation sites is 1. The van der Waals surface area contributed by atoms with Crippen LogP contribution in [0.4, 0.5) is 5.13 Å². The van der Waals surface area contributed by atoms with E-state index >= 15 is 0 Å². The summed E-state index contributed by atoms with van der Waals surface area (Å²) in [6.45, 7) is 3.43. The monoisotopic (exact) mass is 740 g/mol. The maximum absolute atomic E-state index is 13.7. The molecule has 1 fully saturated rings. The summed E-state index contributed by atoms with van der Waals surface area (Å²) in [5, 5.41) is 49.9. The van der Waals surface area contributed by atoms with E-state index in [0.29, 0.717) is 15.5 Å². The van der Waals surface area contributed by atoms with Gasteiger partial charge >= 0.3 is 5.97 Å². The number of anilines is 1. The Balaban J connectivity index is 1.20. The molecule has 260 valence electrons. The number of benzene rings is 1. The lowest BCUT2D eigenvalue weighted by Crippen LogP contribution is -2.71. The highest BCUT2D eigenvalue weighted by Gasteiger charge is 2.54. The lowest BCUT2D eigenvalue weighted by atomic mass is 10.0. The van der Waals surface area contributed by atoms with Crippen molar-refractivity contribution in [1.29, 1.82) is 0 Å². The topological polar surface area (TPSA) is 253 Å². The molecular formula is C29H28N10O8S3. The molecule has 2 aliphatic heterocycles. The molecule has 0 aliphatic carbocycles. The average molecular weight is 741 g/mol. The number of nitrogen functional groups attached to an aromatic ring is 1. The second-order valence-corrected chi connectivity index (χ2v) is 14.1. The Hall–Kier alpha value is -5.41. The van der Waals surface area contributed by atoms with E-state index in [9.17, 15) is 34.6 Å². The zero-order chi connectivity index (χ0) is 35.7. The minimum atomic E-state index is -1.29. The van der Waals surface area contributed by atoms with Crippen molar-refractivity contribution in [1.82, 2.24) is 40.1 Å². The maximum Gasteiger partial charge on any atom is 0.352 e. The van der Waals surface area contributed by atoms with Crippen LogP contribution in [-0.2, 0) is 19.2 Å². The number of carboxylic acids is 1. The number of β-lactam (4-membered cyclic amide) rings is 1. The molecule has 5 heterocycles. The minimum absolute atomic E-state index is 0.0304. The van der Waals surface area contributed by atoms with Crippen LogP contribution in [0.5, 0.6) is 5.75 Å². The quantitative estimate of drug-likeness (QED) is 0.0453. The average Bonchev–Trinajstić information content (AvgIpc) is 3.75. The molecule has 21 heteroatoms. The Labute approximate surface area is 294 Å². The van der Waals surface area contributed by atoms with E-state index in [1.54, 1.807) is 13.8 Å². The van der Waals surface area contributed by atoms with Gasteiger partial charge in [0.1, 0.15) is 28.5 Å². The summed E-state index contributed by atoms with van der Waals surface area (Å²) in [6, 6.07) is 9.05. The zero-order valence-corrected chi connectivity index (χ0v) is 28.6. The number of hydrogen-bond donors (Lipinski definition) is 5. The molecule has 2 aliphatic rings. The molecule has 50 heavy (non-hydrogen) atoms. The fourth-order valence-corrected chi connectivity index (χ4v) is 8.05. The molecule has 3 aromatic heterocycles. The number of nitrogens with zero attached hydrogens (tertiary/aromatic N) is 8. The van der Waals surface area contributed by atoms with Gasteiger partial charge in [0.15, 0.2) is 22.7 Å². The molecule has 0 radical (unpaired) electrons. The molecule has 6 rings (SSSR count). The minimum Gasteiger partial charge on any atom is -0.503 e. The lowest BCUT2D eigenvalue weighted by Gasteiger charge is -2.49. The van der Waals surface area contributed by atoms with Gasteiger partial charge in [-0.05, 0) is 34.1 Å². The summed E-state index contributed by atoms with van der Waals surface area (Å²) in [4.78, 5) is 62.6. The van der Waals surface area contributed by atoms with Gasteiger partial charge in [0, 0.05) is 23.0 Å². The van der Waals surface area contributed by atoms with Crippen LogP contribution in [0, 0.1) is 5.92 Å². The molecular weight excluding hydrogens is 713 g/mol. The van der Waals surface area contributed by atoms with Crippen LogP contribution in [0.3, 0.4) is 0 Å². The van der Waals surface area contributed by atoms with Crippen molar-refractivity contribution in [3.63, 3.8) is 0 Å². The number of thiazole rings is 1. The van der Waals surface area contributed by atoms with Crippen LogP contribution in [0.15, 0.2) is 74.4 Å². The van der Waals surface area contributed by atoms with Crippen LogP contribution in [0.25, 0.3) is 5.69 Å². The highest BCUT2D eigenvalue weighted by atomic mass is 32.2. The van der Waals surface area contributed by atoms with Gasteiger partial charge in [-0.2, -0.15) is 9.41 Å². The molecule has 1 unspecified atom stereocenters. The summed E-state index contributed by atoms with van der Waals surface area (Å²) in [5.41, 5.74) is 5.69. The zero-order valence-electron chi connectivity index (χ0n) is 26.1. The number of carbonyl (C=O) groups is 3. The molecule has 6 N–H and O–H groups in total. The predicted octanol–water partition coefficient (Wildman–Crippen LogP) is 1.45. The van der Waals surface area contributed by atoms with Crippen molar-refractivity contribution in [2.45, 2.75) is 36.5 Å². The smallest absolute Gasteiger partial charge is 0.352 e. The summed E-state index contributed by atoms with van der Waals surface area (Å²) in [5.74, 6) is -3.44. The van der Waals surface area contributed by atoms with Crippen molar-refractivity contribution in [2.75, 3.05) is 17.2 Å². The number of amides is 2. The summed E-state index contributed by atoms with van der Waals surface area (Å²) >= 11 is 3.53. The Morgan fingerprint density at radius 1 is 1.24 bits per heavy atom. The van der Waals surface area contributed by atoms with E-state index in [1.807, 2.05) is 30.3 Å². The van der Waals surface area contributed by atoms with E-state index in [1.165, 1.54) is 33.6 Å². The number of carboxylic acid groups (broad SMARTS) is 1. The number of oxime groups is 1. The number of fused-ring (bicyclic) bond motifs is 1. The molecule has 0 spiro atoms. The summed E-state index contributed by atoms with van der Waals surface area (Å²) in [6.07, 6.45) is -0.263. The van der Waals surface area contributed by atoms with Gasteiger partial charge in [0.05, 0.1) is 11.9 Å². The van der Waals surface area contributed by atoms with E-state index in [2.05, 4.69) is 31.0 Å². The predicted molar refractivity (Wildman–Crippen MR) is 181 cm³/mol. The van der Waals surface area contributed by atoms with Gasteiger partial charge < -0.3 is 31.3 Å². The molecule has 1 saturated heterocycles. The van der Waals surface area contributed by atoms with Crippen LogP contribution in [0.1, 0.15) is 31.3 Å². The Kier molecular flexibility index (Phi) is 9.79. The van der Waals surface area contributed by atoms with Crippen molar-refractivity contribution < 1.29 is 34.6 Å². The molecule has 18 nitrogen and oxygen atoms in total. The number of nitrogens with one attached hydrogen (secondary N) is 1. The second kappa shape index (κ2) is 14.2. The Bertz CT molecular complexity index is 2080. The normalized spacial score (nSPS) is 18.1. The summed E-state index contributed by atoms with van der Waals surface area (Å²) in [7, 11) is 0. The third kappa shape index (κ3) is 6.73. The number of aromatic nitrogens is 6. The first-order valence-electron chi connectivity index (χ1n) is 14.7. The second-order valence-electron chi connectivity index (χ2n) is 11.2. The number of thioether (sulfide) groups is 2. The fourth-order valence-electron chi connectivity index (χ4n) is 5.12. The Morgan fingerprint density at radius 3 is 2.68 bits per heavy atom. The van der Waals surface area contributed by atoms with Crippen LogP contribution < -0.4 is 16.5 Å². The first kappa shape index (κ1) is 34.5. The highest BCUT2D eigenvalue weighted by molar-refractivity contribution is 8.01. The van der Waals surface area contributed by atoms with Crippen LogP contribution in [0.2, 0.25) is 0 Å². The number of aliphatic carboxylic acids is 1. The molecule has 3 atom stereocenters. The largest absolute Gasteiger partial charge is 0.503 e. The lowest BCUT2D eigenvalue weighted by molar-refractivity contribution is -0.150. The Morgan fingerprint density at radius 2 is 2.00 bits per heavy atom. The molecule has 2 amide bonds. The van der Waals surface area contributed by atoms with Gasteiger partial charge in [-0.15, -0.1) is 28.2 Å². The van der Waals surface area contributed by atoms with E-state index in [0.717, 1.165) is 34.2 Å². The van der Waals surface area contributed by atoms with Crippen LogP contribution in [-0.4, -0.2) is 96.7 Å². The van der Waals surface area contributed by atoms with Gasteiger partial charge in [0.25, 0.3) is 11.8 Å². The number of rotatable bonds is 12. The van der Waals surface area contributed by atoms with Crippen molar-refractivity contribution in [3.05, 3.63) is 80.9 Å². The number of aromatic hydroxyl groups is 1. The fraction of sp³-hybridized carbons (Fsp3) is 0.276. The number of pyridine rings is 1. The molecule has 1 aromatic carbocycles. The third-order valence-electron chi connectivity index (χ3n) is 7.53. The number of carbonyl (C=O) groups excluding carboxylic acids is 2. The van der Waals surface area contributed by atoms with Gasteiger partial charge in [-0.3, -0.25) is 19.3 Å². The third-order valence-corrected chi connectivity index (χ3v) is 10.5. The van der Waals surface area contributed by atoms with E-state index in [4.69, 9.17) is 10.6 Å². The first-order chi connectivity index (χ1) is 23.9.